The first-order valence-electron chi connectivity index (χ1n) is 10.7. The van der Waals surface area contributed by atoms with E-state index < -0.39 is 0 Å². The molecule has 162 valence electrons. The van der Waals surface area contributed by atoms with Gasteiger partial charge in [-0.1, -0.05) is 0 Å². The van der Waals surface area contributed by atoms with Crippen LogP contribution in [0.15, 0.2) is 36.4 Å². The van der Waals surface area contributed by atoms with Gasteiger partial charge in [-0.3, -0.25) is 0 Å². The first-order chi connectivity index (χ1) is 15.5. The molecule has 0 aliphatic carbocycles. The lowest BCUT2D eigenvalue weighted by Crippen LogP contribution is -1.97. The Morgan fingerprint density at radius 1 is 0.562 bits per heavy atom. The molecule has 0 radical (unpaired) electrons. The molecule has 0 bridgehead atoms. The SMILES string of the molecule is Cc1cc(-c2ccc3c(c2-c2c(-c4cc(C)[pH]c4C)ccc4c2OCO4)OCO3)c(C)[pH]1. The van der Waals surface area contributed by atoms with Crippen molar-refractivity contribution in [3.8, 4) is 56.4 Å². The maximum Gasteiger partial charge on any atom is 0.231 e. The fourth-order valence-corrected chi connectivity index (χ4v) is 7.20. The molecule has 2 aromatic carbocycles. The molecule has 0 saturated heterocycles. The van der Waals surface area contributed by atoms with Gasteiger partial charge in [-0.25, -0.2) is 0 Å². The predicted octanol–water partition coefficient (Wildman–Crippen LogP) is 7.44. The summed E-state index contributed by atoms with van der Waals surface area (Å²) in [7, 11) is 1.45. The van der Waals surface area contributed by atoms with E-state index in [-0.39, 0.29) is 13.6 Å². The largest absolute Gasteiger partial charge is 0.454 e. The molecule has 0 fully saturated rings. The maximum absolute atomic E-state index is 6.08. The second-order valence-electron chi connectivity index (χ2n) is 8.43. The lowest BCUT2D eigenvalue weighted by molar-refractivity contribution is 0.173. The second kappa shape index (κ2) is 7.37. The van der Waals surface area contributed by atoms with Crippen LogP contribution in [0, 0.1) is 27.7 Å². The summed E-state index contributed by atoms with van der Waals surface area (Å²) in [5.41, 5.74) is 6.90. The molecule has 0 N–H and O–H groups in total. The van der Waals surface area contributed by atoms with Crippen LogP contribution in [0.5, 0.6) is 23.0 Å². The van der Waals surface area contributed by atoms with E-state index in [1.54, 1.807) is 0 Å². The van der Waals surface area contributed by atoms with Crippen molar-refractivity contribution in [2.24, 2.45) is 0 Å². The summed E-state index contributed by atoms with van der Waals surface area (Å²) in [6, 6.07) is 13.0. The van der Waals surface area contributed by atoms with Crippen LogP contribution in [0.3, 0.4) is 0 Å². The van der Waals surface area contributed by atoms with Crippen LogP contribution in [0.4, 0.5) is 0 Å². The Kier molecular flexibility index (Phi) is 4.57. The lowest BCUT2D eigenvalue weighted by Gasteiger charge is -2.18. The molecule has 2 atom stereocenters. The molecule has 6 rings (SSSR count). The third kappa shape index (κ3) is 2.98. The average molecular weight is 462 g/mol. The number of hydrogen-bond donors (Lipinski definition) is 0. The molecular weight excluding hydrogens is 438 g/mol. The average Bonchev–Trinajstić information content (AvgIpc) is 3.53. The minimum absolute atomic E-state index is 0.226. The molecule has 4 nitrogen and oxygen atoms in total. The number of fused-ring (bicyclic) bond motifs is 2. The van der Waals surface area contributed by atoms with Crippen LogP contribution in [0.1, 0.15) is 21.2 Å². The van der Waals surface area contributed by atoms with E-state index in [1.165, 1.54) is 32.3 Å². The zero-order chi connectivity index (χ0) is 22.0. The molecule has 2 aliphatic rings. The standard InChI is InChI=1S/C26H24O4P2/c1-13-9-19(15(3)31-13)17-5-7-21-25(29-11-27-21)23(17)24-18(20-10-14(2)32-16(20)4)6-8-22-26(24)30-12-28-22/h5-10,31-32H,11-12H2,1-4H3. The van der Waals surface area contributed by atoms with Gasteiger partial charge in [0.25, 0.3) is 0 Å². The van der Waals surface area contributed by atoms with E-state index in [2.05, 4.69) is 52.0 Å². The zero-order valence-electron chi connectivity index (χ0n) is 18.5. The number of ether oxygens (including phenoxy) is 4. The number of benzene rings is 2. The fourth-order valence-electron chi connectivity index (χ4n) is 4.90. The van der Waals surface area contributed by atoms with E-state index >= 15 is 0 Å². The highest BCUT2D eigenvalue weighted by atomic mass is 31.0. The monoisotopic (exact) mass is 462 g/mol. The summed E-state index contributed by atoms with van der Waals surface area (Å²) in [6.07, 6.45) is 0. The molecule has 32 heavy (non-hydrogen) atoms. The normalized spacial score (nSPS) is 14.2. The highest BCUT2D eigenvalue weighted by Gasteiger charge is 2.31. The summed E-state index contributed by atoms with van der Waals surface area (Å²) >= 11 is 0. The van der Waals surface area contributed by atoms with Crippen molar-refractivity contribution in [2.75, 3.05) is 13.6 Å². The van der Waals surface area contributed by atoms with Gasteiger partial charge in [0.1, 0.15) is 0 Å². The van der Waals surface area contributed by atoms with Crippen molar-refractivity contribution in [1.29, 1.82) is 0 Å². The second-order valence-corrected chi connectivity index (χ2v) is 12.0. The van der Waals surface area contributed by atoms with Crippen LogP contribution in [-0.4, -0.2) is 13.6 Å². The first kappa shape index (κ1) is 19.9. The van der Waals surface area contributed by atoms with E-state index in [1.807, 2.05) is 12.1 Å². The number of rotatable bonds is 3. The molecule has 2 unspecified atom stereocenters. The minimum Gasteiger partial charge on any atom is -0.454 e. The highest BCUT2D eigenvalue weighted by Crippen LogP contribution is 2.57. The smallest absolute Gasteiger partial charge is 0.231 e. The third-order valence-corrected chi connectivity index (χ3v) is 8.57. The van der Waals surface area contributed by atoms with Crippen LogP contribution >= 0.6 is 16.4 Å². The summed E-state index contributed by atoms with van der Waals surface area (Å²) in [4.78, 5) is 0. The van der Waals surface area contributed by atoms with Gasteiger partial charge >= 0.3 is 0 Å². The first-order valence-corrected chi connectivity index (χ1v) is 12.7. The Morgan fingerprint density at radius 2 is 1.00 bits per heavy atom. The van der Waals surface area contributed by atoms with Crippen molar-refractivity contribution in [3.05, 3.63) is 57.6 Å². The van der Waals surface area contributed by atoms with E-state index in [4.69, 9.17) is 18.9 Å². The van der Waals surface area contributed by atoms with E-state index in [9.17, 15) is 0 Å². The molecule has 4 heterocycles. The Labute approximate surface area is 190 Å². The minimum atomic E-state index is 0.226. The molecule has 0 saturated carbocycles. The number of hydrogen-bond acceptors (Lipinski definition) is 4. The summed E-state index contributed by atoms with van der Waals surface area (Å²) in [6.45, 7) is 9.30. The summed E-state index contributed by atoms with van der Waals surface area (Å²) < 4.78 is 23.8. The Bertz CT molecular complexity index is 1270. The molecule has 0 amide bonds. The van der Waals surface area contributed by atoms with Gasteiger partial charge in [0.15, 0.2) is 23.0 Å². The van der Waals surface area contributed by atoms with Crippen LogP contribution in [-0.2, 0) is 0 Å². The van der Waals surface area contributed by atoms with Crippen LogP contribution < -0.4 is 18.9 Å². The summed E-state index contributed by atoms with van der Waals surface area (Å²) in [5, 5.41) is 5.58. The van der Waals surface area contributed by atoms with Gasteiger partial charge in [0, 0.05) is 11.1 Å². The van der Waals surface area contributed by atoms with Gasteiger partial charge < -0.3 is 18.9 Å². The van der Waals surface area contributed by atoms with Gasteiger partial charge in [-0.2, -0.15) is 0 Å². The predicted molar refractivity (Wildman–Crippen MR) is 133 cm³/mol. The molecule has 2 aromatic heterocycles. The van der Waals surface area contributed by atoms with Crippen molar-refractivity contribution in [1.82, 2.24) is 0 Å². The molecule has 6 heteroatoms. The third-order valence-electron chi connectivity index (χ3n) is 6.21. The lowest BCUT2D eigenvalue weighted by atomic mass is 9.87. The molecular formula is C26H24O4P2. The Hall–Kier alpha value is -2.80. The van der Waals surface area contributed by atoms with E-state index in [0.29, 0.717) is 0 Å². The van der Waals surface area contributed by atoms with Crippen molar-refractivity contribution >= 4 is 16.4 Å². The van der Waals surface area contributed by atoms with Gasteiger partial charge in [0.05, 0.1) is 0 Å². The molecule has 4 aromatic rings. The van der Waals surface area contributed by atoms with Crippen LogP contribution in [0.25, 0.3) is 33.4 Å². The Morgan fingerprint density at radius 3 is 1.38 bits per heavy atom. The zero-order valence-corrected chi connectivity index (χ0v) is 20.5. The highest BCUT2D eigenvalue weighted by molar-refractivity contribution is 7.32. The van der Waals surface area contributed by atoms with Gasteiger partial charge in [-0.05, 0) is 108 Å². The van der Waals surface area contributed by atoms with Crippen LogP contribution in [0.2, 0.25) is 0 Å². The summed E-state index contributed by atoms with van der Waals surface area (Å²) in [5.74, 6) is 3.12. The maximum atomic E-state index is 6.08. The van der Waals surface area contributed by atoms with Crippen molar-refractivity contribution in [3.63, 3.8) is 0 Å². The van der Waals surface area contributed by atoms with E-state index in [0.717, 1.165) is 61.6 Å². The fraction of sp³-hybridized carbons (Fsp3) is 0.231. The van der Waals surface area contributed by atoms with Gasteiger partial charge in [0.2, 0.25) is 13.6 Å². The van der Waals surface area contributed by atoms with Gasteiger partial charge in [-0.15, -0.1) is 16.4 Å². The quantitative estimate of drug-likeness (QED) is 0.317. The Balaban J connectivity index is 1.73. The topological polar surface area (TPSA) is 36.9 Å². The van der Waals surface area contributed by atoms with Crippen molar-refractivity contribution in [2.45, 2.75) is 27.7 Å². The molecule has 2 aliphatic heterocycles. The molecule has 0 spiro atoms. The van der Waals surface area contributed by atoms with Crippen molar-refractivity contribution < 1.29 is 18.9 Å². The number of aryl methyl sites for hydroxylation is 4.